The molecule has 0 N–H and O–H groups in total. The molecule has 3 aromatic rings. The molecule has 30 heavy (non-hydrogen) atoms. The molecule has 1 aliphatic rings. The van der Waals surface area contributed by atoms with Gasteiger partial charge in [0.25, 0.3) is 5.91 Å². The van der Waals surface area contributed by atoms with E-state index in [1.54, 1.807) is 11.3 Å². The molecule has 1 aromatic heterocycles. The number of aromatic nitrogens is 1. The molecule has 1 saturated heterocycles. The predicted molar refractivity (Wildman–Crippen MR) is 121 cm³/mol. The fourth-order valence-electron chi connectivity index (χ4n) is 3.56. The van der Waals surface area contributed by atoms with Gasteiger partial charge in [0.1, 0.15) is 10.8 Å². The molecule has 4 rings (SSSR count). The number of carbonyl (C=O) groups is 1. The lowest BCUT2D eigenvalue weighted by molar-refractivity contribution is 0.0627. The average Bonchev–Trinajstić information content (AvgIpc) is 3.23. The Morgan fingerprint density at radius 1 is 1.03 bits per heavy atom. The van der Waals surface area contributed by atoms with Crippen molar-refractivity contribution in [3.8, 4) is 16.3 Å². The zero-order valence-electron chi connectivity index (χ0n) is 17.5. The van der Waals surface area contributed by atoms with Gasteiger partial charge < -0.3 is 9.64 Å². The second-order valence-corrected chi connectivity index (χ2v) is 8.63. The number of hydrogen-bond acceptors (Lipinski definition) is 5. The highest BCUT2D eigenvalue weighted by Crippen LogP contribution is 2.24. The first-order chi connectivity index (χ1) is 14.6. The molecule has 5 nitrogen and oxygen atoms in total. The van der Waals surface area contributed by atoms with Crippen LogP contribution in [0.2, 0.25) is 0 Å². The smallest absolute Gasteiger partial charge is 0.253 e. The van der Waals surface area contributed by atoms with E-state index in [-0.39, 0.29) is 12.0 Å². The Labute approximate surface area is 181 Å². The van der Waals surface area contributed by atoms with Crippen LogP contribution in [0, 0.1) is 0 Å². The van der Waals surface area contributed by atoms with E-state index in [1.165, 1.54) is 0 Å². The molecular weight excluding hydrogens is 394 g/mol. The monoisotopic (exact) mass is 421 g/mol. The number of thiazole rings is 1. The molecule has 1 amide bonds. The molecule has 2 aromatic carbocycles. The summed E-state index contributed by atoms with van der Waals surface area (Å²) in [5, 5.41) is 3.20. The number of nitrogens with zero attached hydrogens (tertiary/aromatic N) is 3. The van der Waals surface area contributed by atoms with Crippen molar-refractivity contribution in [3.05, 3.63) is 71.2 Å². The van der Waals surface area contributed by atoms with E-state index >= 15 is 0 Å². The summed E-state index contributed by atoms with van der Waals surface area (Å²) >= 11 is 1.69. The van der Waals surface area contributed by atoms with Gasteiger partial charge in [0.05, 0.1) is 11.8 Å². The molecule has 0 aliphatic carbocycles. The van der Waals surface area contributed by atoms with E-state index in [0.717, 1.165) is 54.7 Å². The molecule has 2 heterocycles. The Hall–Kier alpha value is -2.70. The van der Waals surface area contributed by atoms with Gasteiger partial charge in [0.15, 0.2) is 0 Å². The van der Waals surface area contributed by atoms with Gasteiger partial charge in [-0.3, -0.25) is 9.69 Å². The molecule has 1 fully saturated rings. The summed E-state index contributed by atoms with van der Waals surface area (Å²) in [7, 11) is 0. The Balaban J connectivity index is 1.30. The van der Waals surface area contributed by atoms with Crippen molar-refractivity contribution in [2.75, 3.05) is 26.2 Å². The summed E-state index contributed by atoms with van der Waals surface area (Å²) < 4.78 is 5.66. The summed E-state index contributed by atoms with van der Waals surface area (Å²) in [5.74, 6) is 0.885. The number of ether oxygens (including phenoxy) is 1. The normalized spacial score (nSPS) is 14.8. The highest BCUT2D eigenvalue weighted by atomic mass is 32.1. The maximum atomic E-state index is 12.8. The fourth-order valence-corrected chi connectivity index (χ4v) is 4.38. The maximum Gasteiger partial charge on any atom is 0.253 e. The van der Waals surface area contributed by atoms with E-state index in [4.69, 9.17) is 9.72 Å². The van der Waals surface area contributed by atoms with Crippen LogP contribution < -0.4 is 4.74 Å². The second-order valence-electron chi connectivity index (χ2n) is 7.77. The van der Waals surface area contributed by atoms with Gasteiger partial charge in [-0.15, -0.1) is 11.3 Å². The molecule has 0 saturated carbocycles. The number of amides is 1. The van der Waals surface area contributed by atoms with Crippen molar-refractivity contribution in [2.45, 2.75) is 26.5 Å². The summed E-state index contributed by atoms with van der Waals surface area (Å²) in [6.45, 7) is 8.00. The van der Waals surface area contributed by atoms with Gasteiger partial charge >= 0.3 is 0 Å². The van der Waals surface area contributed by atoms with Gasteiger partial charge in [-0.1, -0.05) is 30.3 Å². The maximum absolute atomic E-state index is 12.8. The molecule has 6 heteroatoms. The van der Waals surface area contributed by atoms with E-state index in [1.807, 2.05) is 61.2 Å². The van der Waals surface area contributed by atoms with Crippen molar-refractivity contribution in [1.82, 2.24) is 14.8 Å². The summed E-state index contributed by atoms with van der Waals surface area (Å²) in [6, 6.07) is 17.7. The lowest BCUT2D eigenvalue weighted by Crippen LogP contribution is -2.48. The Bertz CT molecular complexity index is 962. The van der Waals surface area contributed by atoms with Crippen LogP contribution in [0.1, 0.15) is 29.9 Å². The second kappa shape index (κ2) is 9.41. The number of carbonyl (C=O) groups excluding carboxylic acids is 1. The minimum atomic E-state index is 0.0887. The molecule has 0 radical (unpaired) electrons. The first-order valence-corrected chi connectivity index (χ1v) is 11.2. The van der Waals surface area contributed by atoms with E-state index in [9.17, 15) is 4.79 Å². The van der Waals surface area contributed by atoms with E-state index in [2.05, 4.69) is 22.4 Å². The molecule has 0 atom stereocenters. The van der Waals surface area contributed by atoms with E-state index in [0.29, 0.717) is 5.56 Å². The van der Waals surface area contributed by atoms with Crippen LogP contribution in [-0.2, 0) is 6.54 Å². The largest absolute Gasteiger partial charge is 0.491 e. The minimum absolute atomic E-state index is 0.0887. The van der Waals surface area contributed by atoms with Crippen LogP contribution in [-0.4, -0.2) is 53.0 Å². The highest BCUT2D eigenvalue weighted by Gasteiger charge is 2.22. The summed E-state index contributed by atoms with van der Waals surface area (Å²) in [6.07, 6.45) is 0.126. The van der Waals surface area contributed by atoms with Crippen LogP contribution in [0.15, 0.2) is 60.0 Å². The molecule has 1 aliphatic heterocycles. The molecular formula is C24H27N3O2S. The SMILES string of the molecule is CC(C)Oc1ccc(C(=O)N2CCN(Cc3csc(-c4ccccc4)n3)CC2)cc1. The Morgan fingerprint density at radius 3 is 2.40 bits per heavy atom. The van der Waals surface area contributed by atoms with Crippen LogP contribution >= 0.6 is 11.3 Å². The zero-order chi connectivity index (χ0) is 20.9. The zero-order valence-corrected chi connectivity index (χ0v) is 18.3. The van der Waals surface area contributed by atoms with Crippen molar-refractivity contribution in [2.24, 2.45) is 0 Å². The van der Waals surface area contributed by atoms with Crippen LogP contribution in [0.5, 0.6) is 5.75 Å². The lowest BCUT2D eigenvalue weighted by Gasteiger charge is -2.34. The van der Waals surface area contributed by atoms with Gasteiger partial charge in [0, 0.05) is 49.2 Å². The van der Waals surface area contributed by atoms with Crippen molar-refractivity contribution in [1.29, 1.82) is 0 Å². The van der Waals surface area contributed by atoms with E-state index < -0.39 is 0 Å². The molecule has 0 bridgehead atoms. The van der Waals surface area contributed by atoms with Crippen LogP contribution in [0.4, 0.5) is 0 Å². The highest BCUT2D eigenvalue weighted by molar-refractivity contribution is 7.13. The molecule has 0 unspecified atom stereocenters. The van der Waals surface area contributed by atoms with Crippen LogP contribution in [0.25, 0.3) is 10.6 Å². The fraction of sp³-hybridized carbons (Fsp3) is 0.333. The quantitative estimate of drug-likeness (QED) is 0.586. The first kappa shape index (κ1) is 20.6. The van der Waals surface area contributed by atoms with Gasteiger partial charge in [0.2, 0.25) is 0 Å². The predicted octanol–water partition coefficient (Wildman–Crippen LogP) is 4.56. The summed E-state index contributed by atoms with van der Waals surface area (Å²) in [4.78, 5) is 21.9. The van der Waals surface area contributed by atoms with Crippen molar-refractivity contribution in [3.63, 3.8) is 0 Å². The van der Waals surface area contributed by atoms with Crippen molar-refractivity contribution < 1.29 is 9.53 Å². The van der Waals surface area contributed by atoms with Crippen molar-refractivity contribution >= 4 is 17.2 Å². The first-order valence-electron chi connectivity index (χ1n) is 10.4. The molecule has 0 spiro atoms. The van der Waals surface area contributed by atoms with Gasteiger partial charge in [-0.05, 0) is 38.1 Å². The average molecular weight is 422 g/mol. The standard InChI is InChI=1S/C24H27N3O2S/c1-18(2)29-22-10-8-20(9-11-22)24(28)27-14-12-26(13-15-27)16-21-17-30-23(25-21)19-6-4-3-5-7-19/h3-11,17-18H,12-16H2,1-2H3. The minimum Gasteiger partial charge on any atom is -0.491 e. The lowest BCUT2D eigenvalue weighted by atomic mass is 10.1. The Morgan fingerprint density at radius 2 is 1.73 bits per heavy atom. The third-order valence-corrected chi connectivity index (χ3v) is 6.03. The van der Waals surface area contributed by atoms with Gasteiger partial charge in [-0.2, -0.15) is 0 Å². The molecule has 156 valence electrons. The van der Waals surface area contributed by atoms with Crippen LogP contribution in [0.3, 0.4) is 0 Å². The number of benzene rings is 2. The van der Waals surface area contributed by atoms with Gasteiger partial charge in [-0.25, -0.2) is 4.98 Å². The number of piperazine rings is 1. The topological polar surface area (TPSA) is 45.7 Å². The summed E-state index contributed by atoms with van der Waals surface area (Å²) in [5.41, 5.74) is 2.97. The Kier molecular flexibility index (Phi) is 6.45. The number of rotatable bonds is 6. The number of hydrogen-bond donors (Lipinski definition) is 0. The third-order valence-electron chi connectivity index (χ3n) is 5.09. The third kappa shape index (κ3) is 5.07.